The molecule has 1 aromatic carbocycles. The number of rotatable bonds is 3. The summed E-state index contributed by atoms with van der Waals surface area (Å²) in [5.74, 6) is 0. The summed E-state index contributed by atoms with van der Waals surface area (Å²) in [6, 6.07) is 5.52. The largest absolute Gasteiger partial charge is 0.329 e. The molecule has 0 aliphatic rings. The molecule has 1 aromatic heterocycles. The van der Waals surface area contributed by atoms with E-state index in [0.717, 1.165) is 11.1 Å². The third kappa shape index (κ3) is 2.38. The predicted molar refractivity (Wildman–Crippen MR) is 66.7 cm³/mol. The van der Waals surface area contributed by atoms with Gasteiger partial charge in [-0.2, -0.15) is 5.10 Å². The van der Waals surface area contributed by atoms with Crippen LogP contribution in [0.1, 0.15) is 0 Å². The standard InChI is InChI=1S/C11H11Cl2N3/c12-10-2-1-8(5-11(10)13)9-6-15-16(7-9)4-3-14/h1-2,5-7H,3-4,14H2. The van der Waals surface area contributed by atoms with Gasteiger partial charge in [0.05, 0.1) is 22.8 Å². The zero-order chi connectivity index (χ0) is 11.5. The summed E-state index contributed by atoms with van der Waals surface area (Å²) in [5.41, 5.74) is 7.46. The van der Waals surface area contributed by atoms with Crippen LogP contribution in [0, 0.1) is 0 Å². The fourth-order valence-electron chi connectivity index (χ4n) is 1.44. The minimum absolute atomic E-state index is 0.547. The fourth-order valence-corrected chi connectivity index (χ4v) is 1.74. The average molecular weight is 256 g/mol. The molecule has 0 spiro atoms. The lowest BCUT2D eigenvalue weighted by Crippen LogP contribution is -2.09. The van der Waals surface area contributed by atoms with Crippen LogP contribution in [-0.2, 0) is 6.54 Å². The number of nitrogens with zero attached hydrogens (tertiary/aromatic N) is 2. The van der Waals surface area contributed by atoms with Gasteiger partial charge in [-0.3, -0.25) is 4.68 Å². The van der Waals surface area contributed by atoms with Gasteiger partial charge in [0.1, 0.15) is 0 Å². The topological polar surface area (TPSA) is 43.8 Å². The van der Waals surface area contributed by atoms with Gasteiger partial charge in [-0.05, 0) is 17.7 Å². The van der Waals surface area contributed by atoms with Crippen molar-refractivity contribution in [1.82, 2.24) is 9.78 Å². The van der Waals surface area contributed by atoms with Crippen molar-refractivity contribution in [3.63, 3.8) is 0 Å². The van der Waals surface area contributed by atoms with Crippen LogP contribution in [0.2, 0.25) is 10.0 Å². The molecule has 3 nitrogen and oxygen atoms in total. The summed E-state index contributed by atoms with van der Waals surface area (Å²) in [7, 11) is 0. The Hall–Kier alpha value is -1.03. The molecule has 0 radical (unpaired) electrons. The van der Waals surface area contributed by atoms with Crippen LogP contribution < -0.4 is 5.73 Å². The van der Waals surface area contributed by atoms with Gasteiger partial charge in [-0.25, -0.2) is 0 Å². The van der Waals surface area contributed by atoms with E-state index in [0.29, 0.717) is 23.1 Å². The Bertz CT molecular complexity index is 494. The van der Waals surface area contributed by atoms with Crippen LogP contribution in [0.3, 0.4) is 0 Å². The van der Waals surface area contributed by atoms with Crippen LogP contribution in [0.5, 0.6) is 0 Å². The quantitative estimate of drug-likeness (QED) is 0.917. The van der Waals surface area contributed by atoms with Gasteiger partial charge in [0, 0.05) is 18.3 Å². The monoisotopic (exact) mass is 255 g/mol. The molecule has 2 rings (SSSR count). The first kappa shape index (κ1) is 11.5. The zero-order valence-corrected chi connectivity index (χ0v) is 10.0. The van der Waals surface area contributed by atoms with E-state index in [1.54, 1.807) is 16.9 Å². The molecule has 0 unspecified atom stereocenters. The number of nitrogens with two attached hydrogens (primary N) is 1. The molecule has 84 valence electrons. The molecule has 0 aliphatic heterocycles. The van der Waals surface area contributed by atoms with Crippen LogP contribution >= 0.6 is 23.2 Å². The minimum atomic E-state index is 0.547. The molecule has 0 saturated heterocycles. The van der Waals surface area contributed by atoms with Gasteiger partial charge in [0.15, 0.2) is 0 Å². The number of benzene rings is 1. The average Bonchev–Trinajstić information content (AvgIpc) is 2.71. The summed E-state index contributed by atoms with van der Waals surface area (Å²) >= 11 is 11.8. The maximum Gasteiger partial charge on any atom is 0.0598 e. The normalized spacial score (nSPS) is 10.7. The predicted octanol–water partition coefficient (Wildman–Crippen LogP) is 2.82. The molecule has 0 aliphatic carbocycles. The summed E-state index contributed by atoms with van der Waals surface area (Å²) in [6.07, 6.45) is 3.72. The second-order valence-corrected chi connectivity index (χ2v) is 4.22. The molecule has 0 fully saturated rings. The highest BCUT2D eigenvalue weighted by Crippen LogP contribution is 2.28. The van der Waals surface area contributed by atoms with Crippen molar-refractivity contribution in [1.29, 1.82) is 0 Å². The lowest BCUT2D eigenvalue weighted by atomic mass is 10.1. The summed E-state index contributed by atoms with van der Waals surface area (Å²) in [5, 5.41) is 5.30. The first-order chi connectivity index (χ1) is 7.70. The second kappa shape index (κ2) is 4.87. The Morgan fingerprint density at radius 3 is 2.69 bits per heavy atom. The molecule has 1 heterocycles. The van der Waals surface area contributed by atoms with Crippen molar-refractivity contribution < 1.29 is 0 Å². The number of halogens is 2. The third-order valence-electron chi connectivity index (χ3n) is 2.24. The number of aromatic nitrogens is 2. The van der Waals surface area contributed by atoms with E-state index in [-0.39, 0.29) is 0 Å². The third-order valence-corrected chi connectivity index (χ3v) is 2.98. The van der Waals surface area contributed by atoms with E-state index >= 15 is 0 Å². The smallest absolute Gasteiger partial charge is 0.0598 e. The van der Waals surface area contributed by atoms with E-state index in [2.05, 4.69) is 5.10 Å². The van der Waals surface area contributed by atoms with Gasteiger partial charge in [0.2, 0.25) is 0 Å². The molecule has 2 N–H and O–H groups in total. The molecule has 2 aromatic rings. The van der Waals surface area contributed by atoms with Crippen LogP contribution in [0.15, 0.2) is 30.6 Å². The van der Waals surface area contributed by atoms with Gasteiger partial charge in [0.25, 0.3) is 0 Å². The fraction of sp³-hybridized carbons (Fsp3) is 0.182. The maximum atomic E-state index is 5.95. The zero-order valence-electron chi connectivity index (χ0n) is 8.53. The highest BCUT2D eigenvalue weighted by molar-refractivity contribution is 6.42. The lowest BCUT2D eigenvalue weighted by Gasteiger charge is -2.00. The molecule has 0 saturated carbocycles. The van der Waals surface area contributed by atoms with Crippen molar-refractivity contribution in [2.45, 2.75) is 6.54 Å². The second-order valence-electron chi connectivity index (χ2n) is 3.41. The summed E-state index contributed by atoms with van der Waals surface area (Å²) < 4.78 is 1.80. The molecule has 0 amide bonds. The molecule has 16 heavy (non-hydrogen) atoms. The van der Waals surface area contributed by atoms with Crippen molar-refractivity contribution in [2.24, 2.45) is 5.73 Å². The summed E-state index contributed by atoms with van der Waals surface area (Å²) in [6.45, 7) is 1.28. The van der Waals surface area contributed by atoms with Crippen molar-refractivity contribution >= 4 is 23.2 Å². The van der Waals surface area contributed by atoms with E-state index < -0.39 is 0 Å². The van der Waals surface area contributed by atoms with Gasteiger partial charge >= 0.3 is 0 Å². The van der Waals surface area contributed by atoms with Crippen LogP contribution in [0.25, 0.3) is 11.1 Å². The molecule has 0 atom stereocenters. The highest BCUT2D eigenvalue weighted by atomic mass is 35.5. The SMILES string of the molecule is NCCn1cc(-c2ccc(Cl)c(Cl)c2)cn1. The van der Waals surface area contributed by atoms with E-state index in [4.69, 9.17) is 28.9 Å². The number of hydrogen-bond acceptors (Lipinski definition) is 2. The van der Waals surface area contributed by atoms with E-state index in [1.807, 2.05) is 18.3 Å². The van der Waals surface area contributed by atoms with Gasteiger partial charge < -0.3 is 5.73 Å². The molecular weight excluding hydrogens is 245 g/mol. The number of hydrogen-bond donors (Lipinski definition) is 1. The first-order valence-electron chi connectivity index (χ1n) is 4.88. The van der Waals surface area contributed by atoms with Gasteiger partial charge in [-0.15, -0.1) is 0 Å². The van der Waals surface area contributed by atoms with E-state index in [9.17, 15) is 0 Å². The molecular formula is C11H11Cl2N3. The van der Waals surface area contributed by atoms with Crippen molar-refractivity contribution in [3.05, 3.63) is 40.6 Å². The van der Waals surface area contributed by atoms with E-state index in [1.165, 1.54) is 0 Å². The van der Waals surface area contributed by atoms with Crippen molar-refractivity contribution in [3.8, 4) is 11.1 Å². The Morgan fingerprint density at radius 2 is 2.00 bits per heavy atom. The minimum Gasteiger partial charge on any atom is -0.329 e. The molecule has 5 heteroatoms. The highest BCUT2D eigenvalue weighted by Gasteiger charge is 2.04. The Morgan fingerprint density at radius 1 is 1.19 bits per heavy atom. The molecule has 0 bridgehead atoms. The van der Waals surface area contributed by atoms with Crippen LogP contribution in [0.4, 0.5) is 0 Å². The first-order valence-corrected chi connectivity index (χ1v) is 5.64. The lowest BCUT2D eigenvalue weighted by molar-refractivity contribution is 0.625. The summed E-state index contributed by atoms with van der Waals surface area (Å²) in [4.78, 5) is 0. The Balaban J connectivity index is 2.31. The maximum absolute atomic E-state index is 5.95. The Labute approximate surface area is 104 Å². The van der Waals surface area contributed by atoms with Gasteiger partial charge in [-0.1, -0.05) is 29.3 Å². The van der Waals surface area contributed by atoms with Crippen molar-refractivity contribution in [2.75, 3.05) is 6.54 Å². The Kier molecular flexibility index (Phi) is 3.49. The van der Waals surface area contributed by atoms with Crippen LogP contribution in [-0.4, -0.2) is 16.3 Å².